The van der Waals surface area contributed by atoms with E-state index in [-0.39, 0.29) is 22.8 Å². The Morgan fingerprint density at radius 3 is 2.14 bits per heavy atom. The second-order valence-electron chi connectivity index (χ2n) is 4.78. The average molecular weight is 279 g/mol. The van der Waals surface area contributed by atoms with Crippen LogP contribution in [0.4, 0.5) is 0 Å². The number of benzene rings is 2. The summed E-state index contributed by atoms with van der Waals surface area (Å²) in [4.78, 5) is 24.5. The van der Waals surface area contributed by atoms with Crippen molar-refractivity contribution in [3.8, 4) is 11.6 Å². The normalized spacial score (nSPS) is 10.7. The maximum Gasteiger partial charge on any atom is 0.265 e. The van der Waals surface area contributed by atoms with Crippen molar-refractivity contribution in [3.63, 3.8) is 0 Å². The van der Waals surface area contributed by atoms with Crippen LogP contribution >= 0.6 is 0 Å². The number of pyridine rings is 1. The zero-order chi connectivity index (χ0) is 15.0. The number of aromatic nitrogens is 1. The van der Waals surface area contributed by atoms with Crippen LogP contribution in [-0.4, -0.2) is 15.5 Å². The van der Waals surface area contributed by atoms with Gasteiger partial charge in [-0.25, -0.2) is 4.57 Å². The maximum absolute atomic E-state index is 12.6. The predicted octanol–water partition coefficient (Wildman–Crippen LogP) is 2.90. The van der Waals surface area contributed by atoms with Gasteiger partial charge in [0.15, 0.2) is 5.78 Å². The molecule has 4 nitrogen and oxygen atoms in total. The quantitative estimate of drug-likeness (QED) is 0.734. The molecule has 0 saturated heterocycles. The Hall–Kier alpha value is -2.88. The molecule has 0 radical (unpaired) electrons. The van der Waals surface area contributed by atoms with Crippen molar-refractivity contribution in [3.05, 3.63) is 70.5 Å². The molecule has 4 heteroatoms. The van der Waals surface area contributed by atoms with Gasteiger partial charge in [0.25, 0.3) is 5.56 Å². The van der Waals surface area contributed by atoms with Crippen molar-refractivity contribution in [1.29, 1.82) is 0 Å². The third-order valence-electron chi connectivity index (χ3n) is 3.43. The van der Waals surface area contributed by atoms with Crippen LogP contribution in [0.5, 0.6) is 5.88 Å². The molecule has 21 heavy (non-hydrogen) atoms. The third kappa shape index (κ3) is 2.01. The molecule has 0 aliphatic carbocycles. The number of aromatic hydroxyl groups is 1. The number of hydrogen-bond acceptors (Lipinski definition) is 3. The van der Waals surface area contributed by atoms with Crippen LogP contribution < -0.4 is 5.56 Å². The lowest BCUT2D eigenvalue weighted by molar-refractivity contribution is 0.101. The number of ketones is 1. The van der Waals surface area contributed by atoms with Crippen LogP contribution in [0.25, 0.3) is 16.5 Å². The molecule has 0 atom stereocenters. The maximum atomic E-state index is 12.6. The molecule has 0 aliphatic rings. The van der Waals surface area contributed by atoms with Crippen LogP contribution in [0.2, 0.25) is 0 Å². The van der Waals surface area contributed by atoms with E-state index in [1.165, 1.54) is 11.5 Å². The van der Waals surface area contributed by atoms with Crippen molar-refractivity contribution in [2.75, 3.05) is 0 Å². The molecule has 0 spiro atoms. The van der Waals surface area contributed by atoms with E-state index < -0.39 is 0 Å². The van der Waals surface area contributed by atoms with Gasteiger partial charge in [0.2, 0.25) is 5.88 Å². The van der Waals surface area contributed by atoms with Gasteiger partial charge in [-0.1, -0.05) is 36.4 Å². The van der Waals surface area contributed by atoms with Gasteiger partial charge in [0.05, 0.1) is 11.3 Å². The molecule has 0 unspecified atom stereocenters. The van der Waals surface area contributed by atoms with Crippen molar-refractivity contribution in [2.24, 2.45) is 0 Å². The number of carbonyl (C=O) groups excluding carboxylic acids is 1. The molecule has 0 bridgehead atoms. The Bertz CT molecular complexity index is 895. The SMILES string of the molecule is CC(=O)c1c(O)n(-c2ccccc2)c(=O)c2ccccc12. The lowest BCUT2D eigenvalue weighted by Gasteiger charge is -2.14. The fourth-order valence-corrected chi connectivity index (χ4v) is 2.50. The molecule has 2 aromatic carbocycles. The highest BCUT2D eigenvalue weighted by Gasteiger charge is 2.19. The third-order valence-corrected chi connectivity index (χ3v) is 3.43. The summed E-state index contributed by atoms with van der Waals surface area (Å²) in [6.45, 7) is 1.38. The van der Waals surface area contributed by atoms with E-state index >= 15 is 0 Å². The van der Waals surface area contributed by atoms with Gasteiger partial charge in [-0.05, 0) is 25.1 Å². The number of fused-ring (bicyclic) bond motifs is 1. The zero-order valence-electron chi connectivity index (χ0n) is 11.4. The Morgan fingerprint density at radius 2 is 1.52 bits per heavy atom. The first-order valence-corrected chi connectivity index (χ1v) is 6.54. The average Bonchev–Trinajstić information content (AvgIpc) is 2.48. The van der Waals surface area contributed by atoms with Crippen molar-refractivity contribution in [2.45, 2.75) is 6.92 Å². The fourth-order valence-electron chi connectivity index (χ4n) is 2.50. The summed E-state index contributed by atoms with van der Waals surface area (Å²) < 4.78 is 1.17. The summed E-state index contributed by atoms with van der Waals surface area (Å²) in [5.74, 6) is -0.606. The summed E-state index contributed by atoms with van der Waals surface area (Å²) in [5, 5.41) is 11.3. The minimum Gasteiger partial charge on any atom is -0.494 e. The monoisotopic (exact) mass is 279 g/mol. The highest BCUT2D eigenvalue weighted by atomic mass is 16.3. The molecule has 1 heterocycles. The van der Waals surface area contributed by atoms with Crippen LogP contribution in [0.15, 0.2) is 59.4 Å². The summed E-state index contributed by atoms with van der Waals surface area (Å²) in [5.41, 5.74) is 0.335. The first kappa shape index (κ1) is 13.1. The van der Waals surface area contributed by atoms with E-state index in [0.717, 1.165) is 0 Å². The van der Waals surface area contributed by atoms with Gasteiger partial charge in [-0.3, -0.25) is 9.59 Å². The lowest BCUT2D eigenvalue weighted by atomic mass is 10.0. The van der Waals surface area contributed by atoms with Gasteiger partial charge in [-0.2, -0.15) is 0 Å². The molecule has 3 aromatic rings. The Kier molecular flexibility index (Phi) is 3.06. The van der Waals surface area contributed by atoms with Crippen molar-refractivity contribution in [1.82, 2.24) is 4.57 Å². The molecule has 1 aromatic heterocycles. The Labute approximate surface area is 120 Å². The number of para-hydroxylation sites is 1. The van der Waals surface area contributed by atoms with Crippen LogP contribution in [0, 0.1) is 0 Å². The first-order valence-electron chi connectivity index (χ1n) is 6.54. The highest BCUT2D eigenvalue weighted by molar-refractivity contribution is 6.08. The van der Waals surface area contributed by atoms with Gasteiger partial charge in [0.1, 0.15) is 0 Å². The van der Waals surface area contributed by atoms with Gasteiger partial charge in [0, 0.05) is 10.8 Å². The molecule has 0 aliphatic heterocycles. The summed E-state index contributed by atoms with van der Waals surface area (Å²) in [6, 6.07) is 15.6. The second kappa shape index (κ2) is 4.90. The van der Waals surface area contributed by atoms with E-state index in [0.29, 0.717) is 16.5 Å². The summed E-state index contributed by atoms with van der Waals surface area (Å²) in [6.07, 6.45) is 0. The smallest absolute Gasteiger partial charge is 0.265 e. The predicted molar refractivity (Wildman–Crippen MR) is 81.2 cm³/mol. The molecule has 0 amide bonds. The Morgan fingerprint density at radius 1 is 0.952 bits per heavy atom. The number of Topliss-reactive ketones (excluding diaryl/α,β-unsaturated/α-hetero) is 1. The van der Waals surface area contributed by atoms with Gasteiger partial charge >= 0.3 is 0 Å². The topological polar surface area (TPSA) is 59.3 Å². The zero-order valence-corrected chi connectivity index (χ0v) is 11.4. The van der Waals surface area contributed by atoms with Crippen LogP contribution in [-0.2, 0) is 0 Å². The second-order valence-corrected chi connectivity index (χ2v) is 4.78. The highest BCUT2D eigenvalue weighted by Crippen LogP contribution is 2.27. The van der Waals surface area contributed by atoms with Gasteiger partial charge < -0.3 is 5.11 Å². The number of hydrogen-bond donors (Lipinski definition) is 1. The number of rotatable bonds is 2. The standard InChI is InChI=1S/C17H13NO3/c1-11(19)15-13-9-5-6-10-14(13)16(20)18(17(15)21)12-7-3-2-4-8-12/h2-10,21H,1H3. The molecular formula is C17H13NO3. The minimum atomic E-state index is -0.348. The number of carbonyl (C=O) groups is 1. The summed E-state index contributed by atoms with van der Waals surface area (Å²) in [7, 11) is 0. The molecular weight excluding hydrogens is 266 g/mol. The molecule has 3 rings (SSSR count). The van der Waals surface area contributed by atoms with E-state index in [1.54, 1.807) is 48.5 Å². The molecule has 1 N–H and O–H groups in total. The number of nitrogens with zero attached hydrogens (tertiary/aromatic N) is 1. The van der Waals surface area contributed by atoms with Crippen molar-refractivity contribution < 1.29 is 9.90 Å². The van der Waals surface area contributed by atoms with Crippen molar-refractivity contribution >= 4 is 16.6 Å². The molecule has 0 fully saturated rings. The van der Waals surface area contributed by atoms with E-state index in [9.17, 15) is 14.7 Å². The van der Waals surface area contributed by atoms with E-state index in [2.05, 4.69) is 0 Å². The van der Waals surface area contributed by atoms with Crippen LogP contribution in [0.1, 0.15) is 17.3 Å². The fraction of sp³-hybridized carbons (Fsp3) is 0.0588. The van der Waals surface area contributed by atoms with Crippen LogP contribution in [0.3, 0.4) is 0 Å². The Balaban J connectivity index is 2.52. The first-order chi connectivity index (χ1) is 10.1. The lowest BCUT2D eigenvalue weighted by Crippen LogP contribution is -2.20. The minimum absolute atomic E-state index is 0.161. The molecule has 0 saturated carbocycles. The largest absolute Gasteiger partial charge is 0.494 e. The summed E-state index contributed by atoms with van der Waals surface area (Å²) >= 11 is 0. The van der Waals surface area contributed by atoms with E-state index in [4.69, 9.17) is 0 Å². The molecule has 104 valence electrons. The van der Waals surface area contributed by atoms with E-state index in [1.807, 2.05) is 6.07 Å². The van der Waals surface area contributed by atoms with Gasteiger partial charge in [-0.15, -0.1) is 0 Å².